The smallest absolute Gasteiger partial charge is 0.170 e. The number of hydrogen-bond acceptors (Lipinski definition) is 3. The highest BCUT2D eigenvalue weighted by atomic mass is 16.4. The van der Waals surface area contributed by atoms with E-state index in [1.807, 2.05) is 42.6 Å². The van der Waals surface area contributed by atoms with Crippen LogP contribution in [0.1, 0.15) is 11.1 Å². The summed E-state index contributed by atoms with van der Waals surface area (Å²) in [5.41, 5.74) is 8.39. The maximum Gasteiger partial charge on any atom is 0.170 e. The summed E-state index contributed by atoms with van der Waals surface area (Å²) in [5.74, 6) is 0.344. The van der Waals surface area contributed by atoms with Crippen molar-refractivity contribution in [1.82, 2.24) is 4.57 Å². The van der Waals surface area contributed by atoms with Crippen LogP contribution < -0.4 is 5.73 Å². The van der Waals surface area contributed by atoms with E-state index in [4.69, 9.17) is 10.9 Å². The molecule has 0 aliphatic heterocycles. The van der Waals surface area contributed by atoms with Crippen molar-refractivity contribution >= 4 is 16.7 Å². The van der Waals surface area contributed by atoms with Gasteiger partial charge in [-0.1, -0.05) is 29.4 Å². The number of aromatic nitrogens is 1. The number of nitrogens with two attached hydrogens (primary N) is 1. The molecule has 5 nitrogen and oxygen atoms in total. The molecule has 5 heteroatoms. The first-order valence-corrected chi connectivity index (χ1v) is 6.52. The lowest BCUT2D eigenvalue weighted by atomic mass is 10.1. The molecule has 1 heterocycles. The van der Waals surface area contributed by atoms with Gasteiger partial charge >= 0.3 is 0 Å². The van der Waals surface area contributed by atoms with Crippen LogP contribution in [0.4, 0.5) is 0 Å². The molecule has 0 amide bonds. The minimum Gasteiger partial charge on any atom is -0.508 e. The molecular weight excluding hydrogens is 266 g/mol. The molecule has 21 heavy (non-hydrogen) atoms. The Balaban J connectivity index is 2.05. The van der Waals surface area contributed by atoms with Crippen LogP contribution in [0, 0.1) is 0 Å². The third-order valence-electron chi connectivity index (χ3n) is 3.46. The molecule has 3 aromatic rings. The predicted octanol–water partition coefficient (Wildman–Crippen LogP) is 2.49. The van der Waals surface area contributed by atoms with Crippen LogP contribution in [0.15, 0.2) is 59.9 Å². The highest BCUT2D eigenvalue weighted by Gasteiger charge is 2.09. The maximum atomic E-state index is 9.53. The van der Waals surface area contributed by atoms with Crippen molar-refractivity contribution < 1.29 is 10.3 Å². The van der Waals surface area contributed by atoms with E-state index in [1.54, 1.807) is 12.1 Å². The number of hydrogen-bond donors (Lipinski definition) is 3. The second-order valence-corrected chi connectivity index (χ2v) is 4.84. The van der Waals surface area contributed by atoms with Crippen LogP contribution in [0.2, 0.25) is 0 Å². The van der Waals surface area contributed by atoms with Crippen molar-refractivity contribution in [2.45, 2.75) is 6.54 Å². The van der Waals surface area contributed by atoms with Gasteiger partial charge in [0.2, 0.25) is 0 Å². The van der Waals surface area contributed by atoms with Gasteiger partial charge in [-0.2, -0.15) is 0 Å². The number of phenolic OH excluding ortho intramolecular Hbond substituents is 1. The topological polar surface area (TPSA) is 83.8 Å². The van der Waals surface area contributed by atoms with E-state index in [0.29, 0.717) is 12.1 Å². The fraction of sp³-hybridized carbons (Fsp3) is 0.0625. The Morgan fingerprint density at radius 2 is 1.95 bits per heavy atom. The molecule has 0 aliphatic carbocycles. The van der Waals surface area contributed by atoms with E-state index < -0.39 is 0 Å². The lowest BCUT2D eigenvalue weighted by Gasteiger charge is -2.07. The van der Waals surface area contributed by atoms with Gasteiger partial charge in [0.1, 0.15) is 5.75 Å². The fourth-order valence-electron chi connectivity index (χ4n) is 2.49. The summed E-state index contributed by atoms with van der Waals surface area (Å²) in [6, 6.07) is 14.8. The first kappa shape index (κ1) is 13.1. The van der Waals surface area contributed by atoms with Gasteiger partial charge in [0, 0.05) is 29.2 Å². The summed E-state index contributed by atoms with van der Waals surface area (Å²) in [7, 11) is 0. The molecule has 4 N–H and O–H groups in total. The normalized spacial score (nSPS) is 11.9. The Hall–Kier alpha value is -2.95. The van der Waals surface area contributed by atoms with Crippen LogP contribution in [-0.2, 0) is 6.54 Å². The molecule has 0 saturated carbocycles. The monoisotopic (exact) mass is 281 g/mol. The summed E-state index contributed by atoms with van der Waals surface area (Å²) in [5, 5.41) is 22.4. The number of benzene rings is 2. The SMILES string of the molecule is N/C(=N/O)c1cccc2c1ccn2Cc1cccc(O)c1. The Kier molecular flexibility index (Phi) is 3.23. The van der Waals surface area contributed by atoms with Gasteiger partial charge in [-0.15, -0.1) is 0 Å². The van der Waals surface area contributed by atoms with Crippen molar-refractivity contribution in [2.75, 3.05) is 0 Å². The maximum absolute atomic E-state index is 9.53. The van der Waals surface area contributed by atoms with E-state index in [1.165, 1.54) is 0 Å². The van der Waals surface area contributed by atoms with Gasteiger partial charge in [-0.25, -0.2) is 0 Å². The second-order valence-electron chi connectivity index (χ2n) is 4.84. The molecule has 0 spiro atoms. The van der Waals surface area contributed by atoms with E-state index in [0.717, 1.165) is 16.5 Å². The van der Waals surface area contributed by atoms with E-state index in [2.05, 4.69) is 9.72 Å². The summed E-state index contributed by atoms with van der Waals surface area (Å²) < 4.78 is 2.05. The highest BCUT2D eigenvalue weighted by Crippen LogP contribution is 2.22. The van der Waals surface area contributed by atoms with Gasteiger partial charge in [-0.3, -0.25) is 0 Å². The number of oxime groups is 1. The molecule has 0 fully saturated rings. The molecule has 1 aromatic heterocycles. The molecular formula is C16H15N3O2. The number of aromatic hydroxyl groups is 1. The summed E-state index contributed by atoms with van der Waals surface area (Å²) in [4.78, 5) is 0. The van der Waals surface area contributed by atoms with Crippen molar-refractivity contribution in [3.63, 3.8) is 0 Å². The van der Waals surface area contributed by atoms with Crippen molar-refractivity contribution in [3.8, 4) is 5.75 Å². The Bertz CT molecular complexity index is 821. The van der Waals surface area contributed by atoms with Crippen LogP contribution >= 0.6 is 0 Å². The van der Waals surface area contributed by atoms with Gasteiger partial charge in [0.05, 0.1) is 0 Å². The average Bonchev–Trinajstić information content (AvgIpc) is 2.90. The van der Waals surface area contributed by atoms with Gasteiger partial charge in [0.15, 0.2) is 5.84 Å². The second kappa shape index (κ2) is 5.20. The zero-order valence-electron chi connectivity index (χ0n) is 11.3. The lowest BCUT2D eigenvalue weighted by Crippen LogP contribution is -2.13. The Labute approximate surface area is 121 Å². The molecule has 3 rings (SSSR count). The minimum atomic E-state index is 0.0932. The van der Waals surface area contributed by atoms with Crippen LogP contribution in [0.25, 0.3) is 10.9 Å². The van der Waals surface area contributed by atoms with Crippen molar-refractivity contribution in [3.05, 3.63) is 65.9 Å². The fourth-order valence-corrected chi connectivity index (χ4v) is 2.49. The molecule has 106 valence electrons. The summed E-state index contributed by atoms with van der Waals surface area (Å²) in [6.07, 6.45) is 1.95. The standard InChI is InChI=1S/C16H15N3O2/c17-16(18-21)14-5-2-6-15-13(14)7-8-19(15)10-11-3-1-4-12(20)9-11/h1-9,20-21H,10H2,(H2,17,18). The third-order valence-corrected chi connectivity index (χ3v) is 3.46. The van der Waals surface area contributed by atoms with Gasteiger partial charge < -0.3 is 20.6 Å². The zero-order valence-corrected chi connectivity index (χ0v) is 11.3. The Morgan fingerprint density at radius 1 is 1.14 bits per heavy atom. The zero-order chi connectivity index (χ0) is 14.8. The lowest BCUT2D eigenvalue weighted by molar-refractivity contribution is 0.318. The van der Waals surface area contributed by atoms with Gasteiger partial charge in [0.25, 0.3) is 0 Å². The summed E-state index contributed by atoms with van der Waals surface area (Å²) >= 11 is 0. The van der Waals surface area contributed by atoms with E-state index in [9.17, 15) is 5.11 Å². The number of nitrogens with zero attached hydrogens (tertiary/aromatic N) is 2. The molecule has 0 radical (unpaired) electrons. The van der Waals surface area contributed by atoms with Crippen LogP contribution in [-0.4, -0.2) is 20.7 Å². The third kappa shape index (κ3) is 2.41. The van der Waals surface area contributed by atoms with Crippen LogP contribution in [0.5, 0.6) is 5.75 Å². The number of rotatable bonds is 3. The molecule has 2 aromatic carbocycles. The largest absolute Gasteiger partial charge is 0.508 e. The van der Waals surface area contributed by atoms with E-state index in [-0.39, 0.29) is 11.6 Å². The highest BCUT2D eigenvalue weighted by molar-refractivity contribution is 6.08. The molecule has 0 unspecified atom stereocenters. The number of fused-ring (bicyclic) bond motifs is 1. The first-order valence-electron chi connectivity index (χ1n) is 6.52. The number of phenols is 1. The molecule has 0 saturated heterocycles. The Morgan fingerprint density at radius 3 is 2.71 bits per heavy atom. The molecule has 0 bridgehead atoms. The van der Waals surface area contributed by atoms with E-state index >= 15 is 0 Å². The minimum absolute atomic E-state index is 0.0932. The predicted molar refractivity (Wildman–Crippen MR) is 81.7 cm³/mol. The number of amidine groups is 1. The van der Waals surface area contributed by atoms with Crippen LogP contribution in [0.3, 0.4) is 0 Å². The quantitative estimate of drug-likeness (QED) is 0.298. The van der Waals surface area contributed by atoms with Gasteiger partial charge in [-0.05, 0) is 29.8 Å². The molecule has 0 atom stereocenters. The summed E-state index contributed by atoms with van der Waals surface area (Å²) in [6.45, 7) is 0.636. The molecule has 0 aliphatic rings. The first-order chi connectivity index (χ1) is 10.2. The average molecular weight is 281 g/mol. The van der Waals surface area contributed by atoms with Crippen molar-refractivity contribution in [2.24, 2.45) is 10.9 Å². The van der Waals surface area contributed by atoms with Crippen molar-refractivity contribution in [1.29, 1.82) is 0 Å².